The topological polar surface area (TPSA) is 124 Å². The zero-order valence-corrected chi connectivity index (χ0v) is 27.5. The quantitative estimate of drug-likeness (QED) is 0.161. The fourth-order valence-electron chi connectivity index (χ4n) is 4.88. The Hall–Kier alpha value is -3.58. The van der Waals surface area contributed by atoms with E-state index < -0.39 is 23.6 Å². The van der Waals surface area contributed by atoms with Crippen LogP contribution in [0.4, 0.5) is 0 Å². The Labute approximate surface area is 257 Å². The molecule has 4 N–H and O–H groups in total. The van der Waals surface area contributed by atoms with Gasteiger partial charge in [0.05, 0.1) is 12.0 Å². The molecular formula is C36H52O7. The number of carboxylic acids is 1. The van der Waals surface area contributed by atoms with Crippen molar-refractivity contribution in [3.05, 3.63) is 75.9 Å². The third-order valence-corrected chi connectivity index (χ3v) is 7.60. The number of rotatable bonds is 10. The molecule has 43 heavy (non-hydrogen) atoms. The van der Waals surface area contributed by atoms with Crippen LogP contribution in [0, 0.1) is 0 Å². The molecule has 0 saturated heterocycles. The van der Waals surface area contributed by atoms with E-state index in [1.54, 1.807) is 19.1 Å². The molecule has 3 unspecified atom stereocenters. The lowest BCUT2D eigenvalue weighted by atomic mass is 9.83. The van der Waals surface area contributed by atoms with Gasteiger partial charge in [0, 0.05) is 23.1 Å². The highest BCUT2D eigenvalue weighted by Gasteiger charge is 2.41. The van der Waals surface area contributed by atoms with Crippen LogP contribution >= 0.6 is 0 Å². The van der Waals surface area contributed by atoms with Gasteiger partial charge in [0.2, 0.25) is 0 Å². The molecule has 3 atom stereocenters. The van der Waals surface area contributed by atoms with E-state index in [9.17, 15) is 19.8 Å². The van der Waals surface area contributed by atoms with Crippen molar-refractivity contribution in [2.45, 2.75) is 118 Å². The molecule has 0 fully saturated rings. The van der Waals surface area contributed by atoms with Crippen LogP contribution < -0.4 is 4.74 Å². The highest BCUT2D eigenvalue weighted by molar-refractivity contribution is 5.97. The zero-order chi connectivity index (χ0) is 32.9. The van der Waals surface area contributed by atoms with Gasteiger partial charge in [-0.3, -0.25) is 9.59 Å². The van der Waals surface area contributed by atoms with Gasteiger partial charge in [0.1, 0.15) is 22.8 Å². The molecule has 1 aliphatic heterocycles. The number of phenolic OH excluding ortho intramolecular Hbond substituents is 2. The molecule has 0 amide bonds. The summed E-state index contributed by atoms with van der Waals surface area (Å²) in [4.78, 5) is 22.6. The normalized spacial score (nSPS) is 18.0. The molecule has 2 aromatic rings. The van der Waals surface area contributed by atoms with E-state index in [-0.39, 0.29) is 17.3 Å². The molecule has 0 radical (unpaired) electrons. The number of aliphatic hydroxyl groups is 1. The predicted molar refractivity (Wildman–Crippen MR) is 173 cm³/mol. The summed E-state index contributed by atoms with van der Waals surface area (Å²) in [5.74, 6) is -0.849. The first-order chi connectivity index (χ1) is 20.2. The molecule has 1 heterocycles. The number of ether oxygens (including phenoxy) is 1. The van der Waals surface area contributed by atoms with Gasteiger partial charge >= 0.3 is 5.97 Å². The lowest BCUT2D eigenvalue weighted by molar-refractivity contribution is -0.138. The van der Waals surface area contributed by atoms with Crippen LogP contribution in [0.25, 0.3) is 0 Å². The van der Waals surface area contributed by atoms with E-state index in [2.05, 4.69) is 32.9 Å². The van der Waals surface area contributed by atoms with Crippen LogP contribution in [0.1, 0.15) is 121 Å². The maximum absolute atomic E-state index is 12.0. The summed E-state index contributed by atoms with van der Waals surface area (Å²) in [5.41, 5.74) is 4.45. The van der Waals surface area contributed by atoms with Gasteiger partial charge in [-0.15, -0.1) is 0 Å². The first-order valence-electron chi connectivity index (χ1n) is 15.3. The molecule has 0 aliphatic carbocycles. The number of carbonyl (C=O) groups excluding carboxylic acids is 1. The van der Waals surface area contributed by atoms with E-state index in [1.807, 2.05) is 27.7 Å². The molecule has 0 bridgehead atoms. The lowest BCUT2D eigenvalue weighted by Gasteiger charge is -2.41. The van der Waals surface area contributed by atoms with Crippen molar-refractivity contribution < 1.29 is 34.8 Å². The monoisotopic (exact) mass is 596 g/mol. The number of allylic oxidation sites excluding steroid dienone is 4. The fourth-order valence-corrected chi connectivity index (χ4v) is 4.88. The fraction of sp³-hybridized carbons (Fsp3) is 0.500. The molecule has 238 valence electrons. The largest absolute Gasteiger partial charge is 0.508 e. The van der Waals surface area contributed by atoms with Gasteiger partial charge in [-0.1, -0.05) is 56.2 Å². The van der Waals surface area contributed by atoms with Crippen LogP contribution in [0.5, 0.6) is 17.2 Å². The molecule has 0 aromatic heterocycles. The molecule has 3 rings (SSSR count). The molecule has 0 spiro atoms. The van der Waals surface area contributed by atoms with Crippen LogP contribution in [-0.4, -0.2) is 43.9 Å². The van der Waals surface area contributed by atoms with Crippen LogP contribution in [0.2, 0.25) is 0 Å². The number of fused-ring (bicyclic) bond motifs is 1. The van der Waals surface area contributed by atoms with Crippen molar-refractivity contribution >= 4 is 11.8 Å². The Morgan fingerprint density at radius 2 is 1.72 bits per heavy atom. The van der Waals surface area contributed by atoms with Crippen molar-refractivity contribution in [3.63, 3.8) is 0 Å². The number of Topliss-reactive ketones (excluding diaryl/α,β-unsaturated/α-hetero) is 1. The Morgan fingerprint density at radius 1 is 1.07 bits per heavy atom. The Bertz CT molecular complexity index is 1290. The number of hydrogen-bond donors (Lipinski definition) is 4. The maximum atomic E-state index is 12.0. The second-order valence-corrected chi connectivity index (χ2v) is 11.3. The summed E-state index contributed by atoms with van der Waals surface area (Å²) in [6.07, 6.45) is 8.26. The summed E-state index contributed by atoms with van der Waals surface area (Å²) < 4.78 is 6.32. The average molecular weight is 597 g/mol. The summed E-state index contributed by atoms with van der Waals surface area (Å²) in [7, 11) is 0. The van der Waals surface area contributed by atoms with Gasteiger partial charge < -0.3 is 25.2 Å². The van der Waals surface area contributed by atoms with Crippen molar-refractivity contribution in [1.82, 2.24) is 0 Å². The summed E-state index contributed by atoms with van der Waals surface area (Å²) in [6, 6.07) is 7.79. The van der Waals surface area contributed by atoms with Gasteiger partial charge in [-0.25, -0.2) is 0 Å². The Morgan fingerprint density at radius 3 is 2.26 bits per heavy atom. The SMILES string of the molecule is CC.CC(C(=O)O)c1cccc(O)c1.CCc1c(C(C)=O)cc(O)c2c1OC(C)(CC/C=C(\C)CCC=C(C)C)C(O)C2. The summed E-state index contributed by atoms with van der Waals surface area (Å²) >= 11 is 0. The number of carbonyl (C=O) groups is 2. The second-order valence-electron chi connectivity index (χ2n) is 11.3. The minimum atomic E-state index is -0.888. The predicted octanol–water partition coefficient (Wildman–Crippen LogP) is 8.29. The molecule has 7 heteroatoms. The van der Waals surface area contributed by atoms with Crippen molar-refractivity contribution in [3.8, 4) is 17.2 Å². The van der Waals surface area contributed by atoms with Crippen molar-refractivity contribution in [2.75, 3.05) is 0 Å². The van der Waals surface area contributed by atoms with Crippen LogP contribution in [-0.2, 0) is 17.6 Å². The summed E-state index contributed by atoms with van der Waals surface area (Å²) in [6.45, 7) is 17.3. The first kappa shape index (κ1) is 37.4. The molecule has 2 aromatic carbocycles. The number of aromatic hydroxyl groups is 2. The van der Waals surface area contributed by atoms with E-state index in [0.717, 1.165) is 24.8 Å². The average Bonchev–Trinajstić information content (AvgIpc) is 2.94. The number of aliphatic hydroxyl groups excluding tert-OH is 1. The van der Waals surface area contributed by atoms with Gasteiger partial charge in [0.15, 0.2) is 5.78 Å². The second kappa shape index (κ2) is 17.5. The van der Waals surface area contributed by atoms with Crippen LogP contribution in [0.15, 0.2) is 53.6 Å². The highest BCUT2D eigenvalue weighted by Crippen LogP contribution is 2.44. The smallest absolute Gasteiger partial charge is 0.310 e. The lowest BCUT2D eigenvalue weighted by Crippen LogP contribution is -2.49. The third-order valence-electron chi connectivity index (χ3n) is 7.60. The maximum Gasteiger partial charge on any atom is 0.310 e. The van der Waals surface area contributed by atoms with E-state index in [0.29, 0.717) is 41.7 Å². The summed E-state index contributed by atoms with van der Waals surface area (Å²) in [5, 5.41) is 38.9. The third kappa shape index (κ3) is 10.9. The minimum Gasteiger partial charge on any atom is -0.508 e. The highest BCUT2D eigenvalue weighted by atomic mass is 16.5. The van der Waals surface area contributed by atoms with E-state index in [1.165, 1.54) is 36.3 Å². The first-order valence-corrected chi connectivity index (χ1v) is 15.3. The van der Waals surface area contributed by atoms with Gasteiger partial charge in [-0.2, -0.15) is 0 Å². The number of benzene rings is 2. The zero-order valence-electron chi connectivity index (χ0n) is 27.5. The van der Waals surface area contributed by atoms with Gasteiger partial charge in [-0.05, 0) is 97.4 Å². The number of carboxylic acid groups (broad SMARTS) is 1. The van der Waals surface area contributed by atoms with Crippen LogP contribution in [0.3, 0.4) is 0 Å². The molecule has 0 saturated carbocycles. The van der Waals surface area contributed by atoms with E-state index >= 15 is 0 Å². The number of phenols is 2. The molecular weight excluding hydrogens is 544 g/mol. The Kier molecular flexibility index (Phi) is 15.3. The van der Waals surface area contributed by atoms with Crippen molar-refractivity contribution in [1.29, 1.82) is 0 Å². The Balaban J connectivity index is 0.000000549. The number of ketones is 1. The number of hydrogen-bond acceptors (Lipinski definition) is 6. The van der Waals surface area contributed by atoms with Gasteiger partial charge in [0.25, 0.3) is 0 Å². The molecule has 1 aliphatic rings. The van der Waals surface area contributed by atoms with Crippen molar-refractivity contribution in [2.24, 2.45) is 0 Å². The standard InChI is InChI=1S/C25H36O4.C9H10O3.C2H6/c1-7-19-20(18(5)26)14-22(27)21-15-23(28)25(6,29-24(19)21)13-9-12-17(4)11-8-10-16(2)3;1-6(9(11)12)7-3-2-4-8(10)5-7;1-2/h10,12,14,23,27-28H,7-9,11,13,15H2,1-6H3;2-6,10H,1H3,(H,11,12);1-2H3/b17-12+;;. The van der Waals surface area contributed by atoms with E-state index in [4.69, 9.17) is 14.9 Å². The minimum absolute atomic E-state index is 0.0264. The molecule has 7 nitrogen and oxygen atoms in total. The number of aliphatic carboxylic acids is 1.